The summed E-state index contributed by atoms with van der Waals surface area (Å²) in [7, 11) is 0. The number of thiophene rings is 1. The predicted molar refractivity (Wildman–Crippen MR) is 189 cm³/mol. The number of nitrogens with zero attached hydrogens (tertiary/aromatic N) is 2. The first kappa shape index (κ1) is 30.9. The van der Waals surface area contributed by atoms with Crippen molar-refractivity contribution < 1.29 is 21.5 Å². The zero-order valence-electron chi connectivity index (χ0n) is 27.0. The second kappa shape index (κ2) is 13.5. The van der Waals surface area contributed by atoms with Crippen LogP contribution in [0.1, 0.15) is 32.2 Å². The zero-order chi connectivity index (χ0) is 31.1. The van der Waals surface area contributed by atoms with Crippen molar-refractivity contribution in [2.24, 2.45) is 0 Å². The van der Waals surface area contributed by atoms with Crippen LogP contribution in [0, 0.1) is 19.1 Å². The summed E-state index contributed by atoms with van der Waals surface area (Å²) in [6.07, 6.45) is 3.84. The van der Waals surface area contributed by atoms with E-state index in [0.29, 0.717) is 0 Å². The molecule has 0 spiro atoms. The van der Waals surface area contributed by atoms with Gasteiger partial charge in [-0.05, 0) is 51.0 Å². The van der Waals surface area contributed by atoms with E-state index in [9.17, 15) is 0 Å². The Morgan fingerprint density at radius 2 is 1.52 bits per heavy atom. The van der Waals surface area contributed by atoms with E-state index in [1.54, 1.807) is 6.20 Å². The number of aryl methyl sites for hydroxylation is 1. The Morgan fingerprint density at radius 3 is 2.23 bits per heavy atom. The van der Waals surface area contributed by atoms with Crippen molar-refractivity contribution in [3.63, 3.8) is 0 Å². The number of hydrogen-bond acceptors (Lipinski definition) is 3. The monoisotopic (exact) mass is 832 g/mol. The van der Waals surface area contributed by atoms with Gasteiger partial charge in [-0.25, -0.2) is 0 Å². The minimum atomic E-state index is -1.72. The van der Waals surface area contributed by atoms with E-state index in [1.807, 2.05) is 73.8 Å². The van der Waals surface area contributed by atoms with Gasteiger partial charge in [-0.15, -0.1) is 23.8 Å². The molecule has 7 rings (SSSR count). The summed E-state index contributed by atoms with van der Waals surface area (Å²) in [6, 6.07) is 38.0. The molecule has 0 aliphatic carbocycles. The summed E-state index contributed by atoms with van der Waals surface area (Å²) in [5.74, 6) is 6.49. The molecule has 0 N–H and O–H groups in total. The smallest absolute Gasteiger partial charge is 0 e. The minimum absolute atomic E-state index is 0. The van der Waals surface area contributed by atoms with Crippen LogP contribution in [0.5, 0.6) is 0 Å². The molecule has 3 heterocycles. The third-order valence-electron chi connectivity index (χ3n) is 7.88. The summed E-state index contributed by atoms with van der Waals surface area (Å²) >= 11 is 0.101. The molecule has 0 unspecified atom stereocenters. The van der Waals surface area contributed by atoms with Crippen LogP contribution in [-0.2, 0) is 20.1 Å². The molecule has 3 aromatic heterocycles. The Bertz CT molecular complexity index is 2090. The van der Waals surface area contributed by atoms with Gasteiger partial charge in [0.05, 0.1) is 0 Å². The molecule has 4 aromatic carbocycles. The van der Waals surface area contributed by atoms with Gasteiger partial charge in [0.2, 0.25) is 0 Å². The maximum atomic E-state index is 8.36. The van der Waals surface area contributed by atoms with Crippen molar-refractivity contribution in [1.29, 1.82) is 0 Å². The first-order valence-corrected chi connectivity index (χ1v) is 22.8. The van der Waals surface area contributed by atoms with Crippen molar-refractivity contribution >= 4 is 59.9 Å². The molecule has 0 aliphatic rings. The summed E-state index contributed by atoms with van der Waals surface area (Å²) in [5.41, 5.74) is 6.24. The predicted octanol–water partition coefficient (Wildman–Crippen LogP) is 10.6. The van der Waals surface area contributed by atoms with Gasteiger partial charge < -0.3 is 4.98 Å². The third-order valence-corrected chi connectivity index (χ3v) is 13.4. The topological polar surface area (TPSA) is 25.8 Å². The zero-order valence-corrected chi connectivity index (χ0v) is 31.3. The molecule has 0 atom stereocenters. The number of rotatable bonds is 4. The van der Waals surface area contributed by atoms with Crippen molar-refractivity contribution in [3.8, 4) is 22.5 Å². The van der Waals surface area contributed by atoms with Crippen LogP contribution in [0.4, 0.5) is 0 Å². The van der Waals surface area contributed by atoms with E-state index in [2.05, 4.69) is 94.8 Å². The molecule has 0 saturated carbocycles. The van der Waals surface area contributed by atoms with Crippen LogP contribution < -0.4 is 4.40 Å². The van der Waals surface area contributed by atoms with Crippen LogP contribution in [0.15, 0.2) is 103 Å². The molecule has 0 fully saturated rings. The van der Waals surface area contributed by atoms with Crippen molar-refractivity contribution in [3.05, 3.63) is 127 Å². The fourth-order valence-corrected chi connectivity index (χ4v) is 8.84. The van der Waals surface area contributed by atoms with Gasteiger partial charge in [0.15, 0.2) is 0 Å². The van der Waals surface area contributed by atoms with Crippen LogP contribution >= 0.6 is 11.3 Å². The van der Waals surface area contributed by atoms with Crippen LogP contribution in [0.3, 0.4) is 0 Å². The molecule has 0 saturated heterocycles. The quantitative estimate of drug-likeness (QED) is 0.130. The summed E-state index contributed by atoms with van der Waals surface area (Å²) in [6.45, 7) is 5.98. The SMILES string of the molecule is [2H]C(C)(C)c1ccnc(-c2[c-]ccc3c2sc2c4cccc(C)c4ccc32)c1.[CH3][Ge]([CH3])([CH3])[c]1ccc(-c2[c-]cccc2)nc1.[Ir]. The number of fused-ring (bicyclic) bond motifs is 5. The summed E-state index contributed by atoms with van der Waals surface area (Å²) in [5, 5.41) is 5.14. The van der Waals surface area contributed by atoms with Crippen molar-refractivity contribution in [1.82, 2.24) is 9.97 Å². The van der Waals surface area contributed by atoms with Gasteiger partial charge in [-0.1, -0.05) is 61.2 Å². The molecule has 7 aromatic rings. The maximum Gasteiger partial charge on any atom is 0 e. The second-order valence-electron chi connectivity index (χ2n) is 12.2. The number of benzene rings is 4. The standard InChI is InChI=1S/C25H20NS.C14H16GeN.Ir/c1-15(2)17-12-13-26-23(14-17)22-9-5-8-20-21-11-10-18-16(3)6-4-7-19(18)24(21)27-25(20)22;1-15(2,3)13-9-10-14(16-11-13)12-7-5-4-6-8-12;/h4-8,10-15H,1-3H3;4-7,9-11H,1-3H3;/q2*-1;/i15D;;. The molecule has 0 amide bonds. The molecule has 5 heteroatoms. The number of aromatic nitrogens is 2. The van der Waals surface area contributed by atoms with Gasteiger partial charge in [-0.2, -0.15) is 11.3 Å². The first-order valence-electron chi connectivity index (χ1n) is 15.2. The molecule has 2 nitrogen and oxygen atoms in total. The molecular weight excluding hydrogens is 793 g/mol. The molecule has 223 valence electrons. The van der Waals surface area contributed by atoms with E-state index in [-0.39, 0.29) is 20.1 Å². The largest absolute Gasteiger partial charge is 0 e. The van der Waals surface area contributed by atoms with Gasteiger partial charge in [0.1, 0.15) is 0 Å². The molecule has 0 aliphatic heterocycles. The van der Waals surface area contributed by atoms with Gasteiger partial charge in [0.25, 0.3) is 0 Å². The molecule has 44 heavy (non-hydrogen) atoms. The van der Waals surface area contributed by atoms with E-state index in [1.165, 1.54) is 40.9 Å². The van der Waals surface area contributed by atoms with E-state index < -0.39 is 19.2 Å². The van der Waals surface area contributed by atoms with Crippen LogP contribution in [0.25, 0.3) is 53.5 Å². The molecule has 0 bridgehead atoms. The van der Waals surface area contributed by atoms with E-state index >= 15 is 0 Å². The number of hydrogen-bond donors (Lipinski definition) is 0. The summed E-state index contributed by atoms with van der Waals surface area (Å²) in [4.78, 5) is 9.14. The van der Waals surface area contributed by atoms with Crippen LogP contribution in [-0.4, -0.2) is 23.2 Å². The molecular formula is C39H36GeIrN2S-2. The Balaban J connectivity index is 0.000000202. The maximum absolute atomic E-state index is 8.36. The van der Waals surface area contributed by atoms with E-state index in [4.69, 9.17) is 1.37 Å². The second-order valence-corrected chi connectivity index (χ2v) is 23.9. The summed E-state index contributed by atoms with van der Waals surface area (Å²) < 4.78 is 12.3. The fourth-order valence-electron chi connectivity index (χ4n) is 5.33. The number of pyridine rings is 2. The van der Waals surface area contributed by atoms with Gasteiger partial charge in [0, 0.05) is 32.4 Å². The minimum Gasteiger partial charge on any atom is 0 e. The Kier molecular flexibility index (Phi) is 9.44. The van der Waals surface area contributed by atoms with Crippen molar-refractivity contribution in [2.45, 2.75) is 43.9 Å². The first-order chi connectivity index (χ1) is 21.0. The van der Waals surface area contributed by atoms with Gasteiger partial charge in [-0.3, -0.25) is 0 Å². The third kappa shape index (κ3) is 6.60. The fraction of sp³-hybridized carbons (Fsp3) is 0.179. The van der Waals surface area contributed by atoms with E-state index in [0.717, 1.165) is 28.1 Å². The molecule has 1 radical (unpaired) electrons. The Morgan fingerprint density at radius 1 is 0.750 bits per heavy atom. The Labute approximate surface area is 282 Å². The average Bonchev–Trinajstić information content (AvgIpc) is 3.41. The van der Waals surface area contributed by atoms with Gasteiger partial charge >= 0.3 is 99.8 Å². The van der Waals surface area contributed by atoms with Crippen LogP contribution in [0.2, 0.25) is 17.3 Å². The normalized spacial score (nSPS) is 12.0. The Hall–Kier alpha value is -3.15. The van der Waals surface area contributed by atoms with Crippen molar-refractivity contribution in [2.75, 3.05) is 0 Å². The average molecular weight is 831 g/mol.